The Morgan fingerprint density at radius 2 is 1.94 bits per heavy atom. The molecule has 1 saturated heterocycles. The summed E-state index contributed by atoms with van der Waals surface area (Å²) >= 11 is 0. The van der Waals surface area contributed by atoms with Crippen molar-refractivity contribution >= 4 is 34.1 Å². The van der Waals surface area contributed by atoms with Gasteiger partial charge in [0.1, 0.15) is 13.2 Å². The lowest BCUT2D eigenvalue weighted by molar-refractivity contribution is -0.133. The number of likely N-dealkylation sites (tertiary alicyclic amines) is 1. The number of rotatable bonds is 5. The summed E-state index contributed by atoms with van der Waals surface area (Å²) in [6.45, 7) is 8.39. The molecule has 7 nitrogen and oxygen atoms in total. The Hall–Kier alpha value is -3.42. The highest BCUT2D eigenvalue weighted by atomic mass is 19.1. The number of benzene rings is 2. The van der Waals surface area contributed by atoms with Gasteiger partial charge in [-0.3, -0.25) is 14.3 Å². The van der Waals surface area contributed by atoms with Crippen LogP contribution in [0.4, 0.5) is 15.8 Å². The van der Waals surface area contributed by atoms with Gasteiger partial charge in [-0.1, -0.05) is 39.8 Å². The molecule has 2 aliphatic rings. The second-order valence-electron chi connectivity index (χ2n) is 8.21. The van der Waals surface area contributed by atoms with Crippen LogP contribution < -0.4 is 5.32 Å². The molecule has 1 atom stereocenters. The van der Waals surface area contributed by atoms with E-state index in [4.69, 9.17) is 0 Å². The molecule has 0 bridgehead atoms. The second-order valence-corrected chi connectivity index (χ2v) is 8.21. The summed E-state index contributed by atoms with van der Waals surface area (Å²) in [5.41, 5.74) is 4.07. The Labute approximate surface area is 206 Å². The second kappa shape index (κ2) is 11.8. The van der Waals surface area contributed by atoms with Gasteiger partial charge < -0.3 is 15.1 Å². The van der Waals surface area contributed by atoms with E-state index in [9.17, 15) is 14.0 Å². The number of alkyl halides is 1. The zero-order valence-electron chi connectivity index (χ0n) is 21.3. The van der Waals surface area contributed by atoms with E-state index < -0.39 is 6.67 Å². The van der Waals surface area contributed by atoms with E-state index in [1.807, 2.05) is 75.8 Å². The summed E-state index contributed by atoms with van der Waals surface area (Å²) in [7, 11) is 1.89. The Balaban J connectivity index is 0.000000815. The zero-order valence-corrected chi connectivity index (χ0v) is 21.3. The Kier molecular flexibility index (Phi) is 8.84. The highest BCUT2D eigenvalue weighted by Crippen LogP contribution is 2.32. The van der Waals surface area contributed by atoms with Crippen LogP contribution in [0.1, 0.15) is 56.5 Å². The van der Waals surface area contributed by atoms with Crippen molar-refractivity contribution in [2.75, 3.05) is 25.1 Å². The molecule has 2 aromatic carbocycles. The molecule has 1 N–H and O–H groups in total. The van der Waals surface area contributed by atoms with E-state index in [1.165, 1.54) is 0 Å². The van der Waals surface area contributed by atoms with Crippen molar-refractivity contribution < 1.29 is 14.0 Å². The molecule has 0 aliphatic carbocycles. The van der Waals surface area contributed by atoms with Crippen LogP contribution >= 0.6 is 0 Å². The number of anilines is 2. The maximum Gasteiger partial charge on any atom is 0.257 e. The first-order chi connectivity index (χ1) is 17.0. The fraction of sp³-hybridized carbons (Fsp3) is 0.444. The quantitative estimate of drug-likeness (QED) is 0.538. The van der Waals surface area contributed by atoms with Gasteiger partial charge in [0.05, 0.1) is 29.0 Å². The number of aryl methyl sites for hydroxylation is 1. The van der Waals surface area contributed by atoms with Crippen LogP contribution in [0.2, 0.25) is 0 Å². The Morgan fingerprint density at radius 1 is 1.17 bits per heavy atom. The molecule has 1 unspecified atom stereocenters. The number of fused-ring (bicyclic) bond motifs is 2. The number of carbonyl (C=O) groups excluding carboxylic acids is 2. The van der Waals surface area contributed by atoms with Crippen molar-refractivity contribution in [2.24, 2.45) is 7.05 Å². The summed E-state index contributed by atoms with van der Waals surface area (Å²) < 4.78 is 15.0. The average molecular weight is 482 g/mol. The standard InChI is InChI=1S/C23H24FN5O2.2C2H6/c1-27-20-8-7-17(10-16(20)12-25-27)26-19-6-2-4-15-13-28(23(31)22(15)19)14-21(30)29-9-3-5-18(29)11-24;2*1-2/h2,4,6-8,10,12,18,26H,3,5,9,11,13-14H2,1H3;2*1-2H3. The minimum Gasteiger partial charge on any atom is -0.355 e. The molecule has 1 fully saturated rings. The van der Waals surface area contributed by atoms with Crippen molar-refractivity contribution in [1.29, 1.82) is 0 Å². The maximum atomic E-state index is 13.2. The summed E-state index contributed by atoms with van der Waals surface area (Å²) in [5.74, 6) is -0.359. The van der Waals surface area contributed by atoms with Gasteiger partial charge in [-0.2, -0.15) is 5.10 Å². The summed E-state index contributed by atoms with van der Waals surface area (Å²) in [6, 6.07) is 11.3. The molecule has 2 aliphatic heterocycles. The lowest BCUT2D eigenvalue weighted by atomic mass is 10.1. The largest absolute Gasteiger partial charge is 0.355 e. The minimum absolute atomic E-state index is 0.0227. The predicted octanol–water partition coefficient (Wildman–Crippen LogP) is 5.29. The number of carbonyl (C=O) groups is 2. The van der Waals surface area contributed by atoms with E-state index in [0.717, 1.165) is 28.6 Å². The molecule has 188 valence electrons. The summed E-state index contributed by atoms with van der Waals surface area (Å²) in [4.78, 5) is 29.0. The molecule has 35 heavy (non-hydrogen) atoms. The van der Waals surface area contributed by atoms with Crippen LogP contribution in [-0.4, -0.2) is 57.2 Å². The molecule has 3 heterocycles. The predicted molar refractivity (Wildman–Crippen MR) is 139 cm³/mol. The number of amides is 2. The number of aromatic nitrogens is 2. The molecule has 2 amide bonds. The van der Waals surface area contributed by atoms with E-state index in [-0.39, 0.29) is 24.4 Å². The lowest BCUT2D eigenvalue weighted by Gasteiger charge is -2.25. The van der Waals surface area contributed by atoms with Crippen LogP contribution in [-0.2, 0) is 18.4 Å². The normalized spacial score (nSPS) is 16.4. The van der Waals surface area contributed by atoms with Gasteiger partial charge >= 0.3 is 0 Å². The lowest BCUT2D eigenvalue weighted by Crippen LogP contribution is -2.43. The first-order valence-corrected chi connectivity index (χ1v) is 12.5. The van der Waals surface area contributed by atoms with Crippen molar-refractivity contribution in [3.63, 3.8) is 0 Å². The van der Waals surface area contributed by atoms with E-state index in [1.54, 1.807) is 16.0 Å². The molecule has 0 saturated carbocycles. The molecule has 1 aromatic heterocycles. The van der Waals surface area contributed by atoms with Gasteiger partial charge in [0, 0.05) is 31.2 Å². The summed E-state index contributed by atoms with van der Waals surface area (Å²) in [6.07, 6.45) is 3.30. The van der Waals surface area contributed by atoms with Gasteiger partial charge in [0.15, 0.2) is 0 Å². The monoisotopic (exact) mass is 481 g/mol. The molecule has 0 spiro atoms. The fourth-order valence-corrected chi connectivity index (χ4v) is 4.63. The highest BCUT2D eigenvalue weighted by molar-refractivity contribution is 6.05. The van der Waals surface area contributed by atoms with Gasteiger partial charge in [-0.25, -0.2) is 4.39 Å². The van der Waals surface area contributed by atoms with E-state index >= 15 is 0 Å². The van der Waals surface area contributed by atoms with Gasteiger partial charge in [0.2, 0.25) is 5.91 Å². The highest BCUT2D eigenvalue weighted by Gasteiger charge is 2.35. The zero-order chi connectivity index (χ0) is 25.5. The number of hydrogen-bond donors (Lipinski definition) is 1. The third-order valence-electron chi connectivity index (χ3n) is 6.24. The van der Waals surface area contributed by atoms with Crippen LogP contribution in [0.5, 0.6) is 0 Å². The van der Waals surface area contributed by atoms with Gasteiger partial charge in [-0.05, 0) is 42.7 Å². The number of halogens is 1. The van der Waals surface area contributed by atoms with Gasteiger partial charge in [-0.15, -0.1) is 0 Å². The molecular weight excluding hydrogens is 445 g/mol. The number of nitrogens with one attached hydrogen (secondary N) is 1. The third-order valence-corrected chi connectivity index (χ3v) is 6.24. The Bertz CT molecular complexity index is 1180. The molecule has 0 radical (unpaired) electrons. The smallest absolute Gasteiger partial charge is 0.257 e. The minimum atomic E-state index is -0.532. The van der Waals surface area contributed by atoms with Crippen LogP contribution in [0.25, 0.3) is 10.9 Å². The maximum absolute atomic E-state index is 13.2. The molecule has 8 heteroatoms. The first kappa shape index (κ1) is 26.2. The molecular formula is C27H36FN5O2. The fourth-order valence-electron chi connectivity index (χ4n) is 4.63. The van der Waals surface area contributed by atoms with Crippen molar-refractivity contribution in [2.45, 2.75) is 53.1 Å². The summed E-state index contributed by atoms with van der Waals surface area (Å²) in [5, 5.41) is 8.62. The van der Waals surface area contributed by atoms with Crippen LogP contribution in [0.15, 0.2) is 42.6 Å². The third kappa shape index (κ3) is 5.31. The molecule has 3 aromatic rings. The SMILES string of the molecule is CC.CC.Cn1ncc2cc(Nc3cccc4c3C(=O)N(CC(=O)N3CCCC3CF)C4)ccc21. The topological polar surface area (TPSA) is 70.5 Å². The average Bonchev–Trinajstić information content (AvgIpc) is 3.60. The number of nitrogens with zero attached hydrogens (tertiary/aromatic N) is 4. The van der Waals surface area contributed by atoms with E-state index in [0.29, 0.717) is 30.8 Å². The number of hydrogen-bond acceptors (Lipinski definition) is 4. The van der Waals surface area contributed by atoms with Crippen LogP contribution in [0, 0.1) is 0 Å². The first-order valence-electron chi connectivity index (χ1n) is 12.5. The van der Waals surface area contributed by atoms with Crippen molar-refractivity contribution in [3.05, 3.63) is 53.7 Å². The molecule has 5 rings (SSSR count). The Morgan fingerprint density at radius 3 is 2.69 bits per heavy atom. The van der Waals surface area contributed by atoms with Gasteiger partial charge in [0.25, 0.3) is 5.91 Å². The van der Waals surface area contributed by atoms with Crippen LogP contribution in [0.3, 0.4) is 0 Å². The van der Waals surface area contributed by atoms with Crippen molar-refractivity contribution in [1.82, 2.24) is 19.6 Å². The van der Waals surface area contributed by atoms with Crippen molar-refractivity contribution in [3.8, 4) is 0 Å². The van der Waals surface area contributed by atoms with E-state index in [2.05, 4.69) is 10.4 Å².